The highest BCUT2D eigenvalue weighted by atomic mass is 79.9. The van der Waals surface area contributed by atoms with Gasteiger partial charge in [-0.2, -0.15) is 4.98 Å². The summed E-state index contributed by atoms with van der Waals surface area (Å²) >= 11 is 3.31. The Hall–Kier alpha value is -2.22. The van der Waals surface area contributed by atoms with Crippen molar-refractivity contribution >= 4 is 27.4 Å². The van der Waals surface area contributed by atoms with Crippen LogP contribution in [0, 0.1) is 10.1 Å². The molecule has 0 saturated heterocycles. The number of halogens is 1. The zero-order chi connectivity index (χ0) is 15.2. The van der Waals surface area contributed by atoms with Crippen LogP contribution in [0.1, 0.15) is 13.3 Å². The summed E-state index contributed by atoms with van der Waals surface area (Å²) in [5.41, 5.74) is -0.270. The van der Waals surface area contributed by atoms with E-state index in [-0.39, 0.29) is 17.4 Å². The molecule has 0 radical (unpaired) electrons. The van der Waals surface area contributed by atoms with Gasteiger partial charge >= 0.3 is 11.6 Å². The van der Waals surface area contributed by atoms with Gasteiger partial charge in [-0.3, -0.25) is 10.1 Å². The molecule has 21 heavy (non-hydrogen) atoms. The second kappa shape index (κ2) is 6.98. The highest BCUT2D eigenvalue weighted by Crippen LogP contribution is 2.34. The van der Waals surface area contributed by atoms with Crippen molar-refractivity contribution in [2.45, 2.75) is 13.3 Å². The Morgan fingerprint density at radius 1 is 1.33 bits per heavy atom. The van der Waals surface area contributed by atoms with Crippen LogP contribution in [0.15, 0.2) is 35.1 Å². The van der Waals surface area contributed by atoms with Crippen LogP contribution in [0.4, 0.5) is 11.5 Å². The molecule has 0 atom stereocenters. The summed E-state index contributed by atoms with van der Waals surface area (Å²) in [5.74, 6) is 0.529. The Bertz CT molecular complexity index is 634. The summed E-state index contributed by atoms with van der Waals surface area (Å²) in [4.78, 5) is 18.5. The van der Waals surface area contributed by atoms with E-state index in [9.17, 15) is 10.1 Å². The number of hydrogen-bond donors (Lipinski definition) is 1. The largest absolute Gasteiger partial charge is 0.434 e. The van der Waals surface area contributed by atoms with Gasteiger partial charge in [0.25, 0.3) is 0 Å². The minimum Gasteiger partial charge on any atom is -0.434 e. The smallest absolute Gasteiger partial charge is 0.373 e. The van der Waals surface area contributed by atoms with E-state index in [1.54, 1.807) is 24.3 Å². The van der Waals surface area contributed by atoms with Crippen molar-refractivity contribution in [2.24, 2.45) is 0 Å². The van der Waals surface area contributed by atoms with Crippen molar-refractivity contribution in [3.63, 3.8) is 0 Å². The SMILES string of the molecule is CCCNc1ncnc(Oc2ccc(Br)cc2)c1[N+](=O)[O-]. The monoisotopic (exact) mass is 352 g/mol. The highest BCUT2D eigenvalue weighted by molar-refractivity contribution is 9.10. The summed E-state index contributed by atoms with van der Waals surface area (Å²) < 4.78 is 6.38. The maximum absolute atomic E-state index is 11.2. The van der Waals surface area contributed by atoms with Crippen LogP contribution in [0.2, 0.25) is 0 Å². The summed E-state index contributed by atoms with van der Waals surface area (Å²) in [6, 6.07) is 6.93. The van der Waals surface area contributed by atoms with Crippen LogP contribution in [-0.2, 0) is 0 Å². The second-order valence-electron chi connectivity index (χ2n) is 4.12. The maximum Gasteiger partial charge on any atom is 0.373 e. The average molecular weight is 353 g/mol. The van der Waals surface area contributed by atoms with E-state index in [0.717, 1.165) is 10.9 Å². The third-order valence-corrected chi connectivity index (χ3v) is 3.07. The van der Waals surface area contributed by atoms with Crippen LogP contribution in [-0.4, -0.2) is 21.4 Å². The van der Waals surface area contributed by atoms with E-state index in [1.807, 2.05) is 6.92 Å². The lowest BCUT2D eigenvalue weighted by Crippen LogP contribution is -2.07. The van der Waals surface area contributed by atoms with Crippen molar-refractivity contribution in [1.29, 1.82) is 0 Å². The minimum atomic E-state index is -0.549. The normalized spacial score (nSPS) is 10.2. The van der Waals surface area contributed by atoms with Crippen molar-refractivity contribution in [3.8, 4) is 11.6 Å². The van der Waals surface area contributed by atoms with Crippen LogP contribution in [0.25, 0.3) is 0 Å². The Labute approximate surface area is 129 Å². The molecule has 0 spiro atoms. The predicted octanol–water partition coefficient (Wildman–Crippen LogP) is 3.76. The lowest BCUT2D eigenvalue weighted by atomic mass is 10.3. The fourth-order valence-corrected chi connectivity index (χ4v) is 1.85. The Kier molecular flexibility index (Phi) is 5.04. The van der Waals surface area contributed by atoms with Gasteiger partial charge in [0.05, 0.1) is 4.92 Å². The van der Waals surface area contributed by atoms with Gasteiger partial charge in [0.15, 0.2) is 0 Å². The number of benzene rings is 1. The average Bonchev–Trinajstić information content (AvgIpc) is 2.47. The standard InChI is InChI=1S/C13H13BrN4O3/c1-2-7-15-12-11(18(19)20)13(17-8-16-12)21-10-5-3-9(14)4-6-10/h3-6,8H,2,7H2,1H3,(H,15,16,17). The lowest BCUT2D eigenvalue weighted by molar-refractivity contribution is -0.385. The highest BCUT2D eigenvalue weighted by Gasteiger charge is 2.24. The van der Waals surface area contributed by atoms with Gasteiger partial charge < -0.3 is 10.1 Å². The fraction of sp³-hybridized carbons (Fsp3) is 0.231. The van der Waals surface area contributed by atoms with Crippen molar-refractivity contribution in [3.05, 3.63) is 45.2 Å². The molecule has 0 bridgehead atoms. The third kappa shape index (κ3) is 3.88. The lowest BCUT2D eigenvalue weighted by Gasteiger charge is -2.08. The Balaban J connectivity index is 2.33. The molecule has 1 heterocycles. The Morgan fingerprint density at radius 3 is 2.67 bits per heavy atom. The number of hydrogen-bond acceptors (Lipinski definition) is 6. The minimum absolute atomic E-state index is 0.0871. The van der Waals surface area contributed by atoms with Crippen LogP contribution < -0.4 is 10.1 Å². The number of nitro groups is 1. The first-order chi connectivity index (χ1) is 10.1. The number of ether oxygens (including phenoxy) is 1. The number of rotatable bonds is 6. The fourth-order valence-electron chi connectivity index (χ4n) is 1.59. The van der Waals surface area contributed by atoms with Gasteiger partial charge in [0, 0.05) is 11.0 Å². The molecule has 0 unspecified atom stereocenters. The predicted molar refractivity (Wildman–Crippen MR) is 81.7 cm³/mol. The zero-order valence-corrected chi connectivity index (χ0v) is 12.8. The molecular weight excluding hydrogens is 340 g/mol. The third-order valence-electron chi connectivity index (χ3n) is 2.54. The molecule has 0 aliphatic carbocycles. The van der Waals surface area contributed by atoms with Gasteiger partial charge in [-0.05, 0) is 30.7 Å². The summed E-state index contributed by atoms with van der Waals surface area (Å²) in [5, 5.41) is 14.1. The molecule has 0 aliphatic rings. The molecular formula is C13H13BrN4O3. The summed E-state index contributed by atoms with van der Waals surface area (Å²) in [6.07, 6.45) is 2.06. The van der Waals surface area contributed by atoms with E-state index in [1.165, 1.54) is 6.33 Å². The number of nitrogens with one attached hydrogen (secondary N) is 1. The van der Waals surface area contributed by atoms with E-state index >= 15 is 0 Å². The molecule has 0 amide bonds. The maximum atomic E-state index is 11.2. The number of anilines is 1. The topological polar surface area (TPSA) is 90.2 Å². The molecule has 0 aliphatic heterocycles. The number of aromatic nitrogens is 2. The molecule has 1 N–H and O–H groups in total. The summed E-state index contributed by atoms with van der Waals surface area (Å²) in [6.45, 7) is 2.54. The van der Waals surface area contributed by atoms with E-state index in [4.69, 9.17) is 4.74 Å². The van der Waals surface area contributed by atoms with Crippen LogP contribution >= 0.6 is 15.9 Å². The molecule has 2 aromatic rings. The van der Waals surface area contributed by atoms with Gasteiger partial charge in [-0.15, -0.1) is 0 Å². The molecule has 1 aromatic carbocycles. The van der Waals surface area contributed by atoms with Crippen molar-refractivity contribution < 1.29 is 9.66 Å². The van der Waals surface area contributed by atoms with E-state index < -0.39 is 4.92 Å². The molecule has 8 heteroatoms. The first kappa shape index (κ1) is 15.2. The number of nitrogens with zero attached hydrogens (tertiary/aromatic N) is 3. The van der Waals surface area contributed by atoms with Gasteiger partial charge in [0.2, 0.25) is 5.82 Å². The van der Waals surface area contributed by atoms with E-state index in [2.05, 4.69) is 31.2 Å². The Morgan fingerprint density at radius 2 is 2.05 bits per heavy atom. The molecule has 1 aromatic heterocycles. The molecule has 2 rings (SSSR count). The quantitative estimate of drug-likeness (QED) is 0.628. The first-order valence-corrected chi connectivity index (χ1v) is 7.07. The molecule has 110 valence electrons. The summed E-state index contributed by atoms with van der Waals surface area (Å²) in [7, 11) is 0. The van der Waals surface area contributed by atoms with E-state index in [0.29, 0.717) is 12.3 Å². The van der Waals surface area contributed by atoms with Gasteiger partial charge in [0.1, 0.15) is 12.1 Å². The first-order valence-electron chi connectivity index (χ1n) is 6.28. The second-order valence-corrected chi connectivity index (χ2v) is 5.03. The van der Waals surface area contributed by atoms with Crippen LogP contribution in [0.3, 0.4) is 0 Å². The van der Waals surface area contributed by atoms with Crippen molar-refractivity contribution in [1.82, 2.24) is 9.97 Å². The zero-order valence-electron chi connectivity index (χ0n) is 11.2. The molecule has 0 fully saturated rings. The van der Waals surface area contributed by atoms with Crippen molar-refractivity contribution in [2.75, 3.05) is 11.9 Å². The molecule has 0 saturated carbocycles. The van der Waals surface area contributed by atoms with Gasteiger partial charge in [-0.1, -0.05) is 22.9 Å². The van der Waals surface area contributed by atoms with Crippen LogP contribution in [0.5, 0.6) is 11.6 Å². The molecule has 7 nitrogen and oxygen atoms in total. The van der Waals surface area contributed by atoms with Gasteiger partial charge in [-0.25, -0.2) is 4.98 Å².